The zero-order chi connectivity index (χ0) is 18.4. The molecular weight excluding hydrogens is 335 g/mol. The molecule has 26 heavy (non-hydrogen) atoms. The van der Waals surface area contributed by atoms with Crippen LogP contribution < -0.4 is 10.2 Å². The molecule has 1 aromatic carbocycles. The van der Waals surface area contributed by atoms with Gasteiger partial charge in [-0.25, -0.2) is 9.37 Å². The van der Waals surface area contributed by atoms with Crippen LogP contribution in [-0.2, 0) is 4.79 Å². The van der Waals surface area contributed by atoms with Gasteiger partial charge < -0.3 is 15.3 Å². The SMILES string of the molecule is CC(=O)N1c2ccc(F)cc2[C@H](Nc2ccnc(O)n2)[C@@H](C)[C@@H]1C1CC1. The number of carbonyl (C=O) groups is 1. The van der Waals surface area contributed by atoms with E-state index in [0.717, 1.165) is 24.1 Å². The smallest absolute Gasteiger partial charge is 0.315 e. The van der Waals surface area contributed by atoms with Crippen molar-refractivity contribution in [2.24, 2.45) is 11.8 Å². The van der Waals surface area contributed by atoms with Gasteiger partial charge in [0.2, 0.25) is 5.91 Å². The van der Waals surface area contributed by atoms with E-state index in [0.29, 0.717) is 11.7 Å². The summed E-state index contributed by atoms with van der Waals surface area (Å²) in [6.45, 7) is 3.64. The summed E-state index contributed by atoms with van der Waals surface area (Å²) in [6, 6.07) is 5.72. The molecule has 2 aromatic rings. The van der Waals surface area contributed by atoms with Gasteiger partial charge in [-0.1, -0.05) is 6.92 Å². The molecule has 1 fully saturated rings. The molecule has 2 aliphatic rings. The Kier molecular flexibility index (Phi) is 4.01. The predicted molar refractivity (Wildman–Crippen MR) is 95.3 cm³/mol. The van der Waals surface area contributed by atoms with Crippen LogP contribution in [0.1, 0.15) is 38.3 Å². The molecule has 1 aliphatic carbocycles. The van der Waals surface area contributed by atoms with Gasteiger partial charge in [-0.3, -0.25) is 4.79 Å². The summed E-state index contributed by atoms with van der Waals surface area (Å²) in [7, 11) is 0. The number of aromatic hydroxyl groups is 1. The fraction of sp³-hybridized carbons (Fsp3) is 0.421. The zero-order valence-corrected chi connectivity index (χ0v) is 14.7. The van der Waals surface area contributed by atoms with Crippen LogP contribution in [0, 0.1) is 17.7 Å². The standard InChI is InChI=1S/C19H21FN4O2/c1-10-17(22-16-7-8-21-19(26)23-16)14-9-13(20)5-6-15(14)24(11(2)25)18(10)12-3-4-12/h5-10,12,17-18H,3-4H2,1-2H3,(H2,21,22,23,26)/t10-,17-,18-/m1/s1. The van der Waals surface area contributed by atoms with Crippen molar-refractivity contribution in [3.63, 3.8) is 0 Å². The minimum Gasteiger partial charge on any atom is -0.479 e. The number of nitrogens with zero attached hydrogens (tertiary/aromatic N) is 3. The van der Waals surface area contributed by atoms with E-state index in [-0.39, 0.29) is 35.7 Å². The Bertz CT molecular complexity index is 855. The summed E-state index contributed by atoms with van der Waals surface area (Å²) in [5, 5.41) is 12.8. The van der Waals surface area contributed by atoms with Gasteiger partial charge >= 0.3 is 6.01 Å². The summed E-state index contributed by atoms with van der Waals surface area (Å²) in [5.41, 5.74) is 1.47. The minimum atomic E-state index is -0.346. The molecule has 1 aliphatic heterocycles. The number of hydrogen-bond acceptors (Lipinski definition) is 5. The Morgan fingerprint density at radius 1 is 1.35 bits per heavy atom. The van der Waals surface area contributed by atoms with E-state index in [1.807, 2.05) is 4.90 Å². The Labute approximate surface area is 151 Å². The highest BCUT2D eigenvalue weighted by Gasteiger charge is 2.47. The van der Waals surface area contributed by atoms with Crippen LogP contribution in [0.5, 0.6) is 6.01 Å². The van der Waals surface area contributed by atoms with Gasteiger partial charge in [-0.2, -0.15) is 4.98 Å². The van der Waals surface area contributed by atoms with Crippen LogP contribution in [-0.4, -0.2) is 27.0 Å². The highest BCUT2D eigenvalue weighted by Crippen LogP contribution is 2.50. The number of carbonyl (C=O) groups excluding carboxylic acids is 1. The maximum atomic E-state index is 14.0. The summed E-state index contributed by atoms with van der Waals surface area (Å²) < 4.78 is 14.0. The quantitative estimate of drug-likeness (QED) is 0.883. The number of halogens is 1. The Balaban J connectivity index is 1.80. The van der Waals surface area contributed by atoms with E-state index in [9.17, 15) is 14.3 Å². The van der Waals surface area contributed by atoms with Crippen molar-refractivity contribution in [2.75, 3.05) is 10.2 Å². The van der Waals surface area contributed by atoms with Crippen molar-refractivity contribution < 1.29 is 14.3 Å². The molecule has 3 atom stereocenters. The number of rotatable bonds is 3. The molecule has 0 bridgehead atoms. The third-order valence-electron chi connectivity index (χ3n) is 5.34. The molecule has 0 spiro atoms. The molecule has 0 unspecified atom stereocenters. The number of aromatic nitrogens is 2. The highest BCUT2D eigenvalue weighted by molar-refractivity contribution is 5.94. The first-order chi connectivity index (χ1) is 12.5. The van der Waals surface area contributed by atoms with Crippen LogP contribution in [0.25, 0.3) is 0 Å². The van der Waals surface area contributed by atoms with Gasteiger partial charge in [0.25, 0.3) is 0 Å². The predicted octanol–water partition coefficient (Wildman–Crippen LogP) is 3.26. The van der Waals surface area contributed by atoms with E-state index in [4.69, 9.17) is 0 Å². The summed E-state index contributed by atoms with van der Waals surface area (Å²) in [5.74, 6) is 0.602. The first kappa shape index (κ1) is 16.8. The molecule has 0 saturated heterocycles. The molecule has 1 amide bonds. The molecule has 136 valence electrons. The molecule has 1 aromatic heterocycles. The average Bonchev–Trinajstić information content (AvgIpc) is 3.41. The maximum absolute atomic E-state index is 14.0. The van der Waals surface area contributed by atoms with E-state index in [1.54, 1.807) is 19.1 Å². The van der Waals surface area contributed by atoms with E-state index in [1.165, 1.54) is 18.3 Å². The fourth-order valence-electron chi connectivity index (χ4n) is 4.12. The lowest BCUT2D eigenvalue weighted by molar-refractivity contribution is -0.117. The van der Waals surface area contributed by atoms with Gasteiger partial charge in [-0.05, 0) is 43.0 Å². The van der Waals surface area contributed by atoms with Crippen LogP contribution in [0.3, 0.4) is 0 Å². The van der Waals surface area contributed by atoms with Gasteiger partial charge in [0, 0.05) is 36.3 Å². The Morgan fingerprint density at radius 2 is 2.12 bits per heavy atom. The third-order valence-corrected chi connectivity index (χ3v) is 5.34. The second-order valence-corrected chi connectivity index (χ2v) is 7.14. The lowest BCUT2D eigenvalue weighted by atomic mass is 9.80. The van der Waals surface area contributed by atoms with Crippen molar-refractivity contribution in [1.29, 1.82) is 0 Å². The van der Waals surface area contributed by atoms with Crippen LogP contribution >= 0.6 is 0 Å². The first-order valence-electron chi connectivity index (χ1n) is 8.83. The van der Waals surface area contributed by atoms with Gasteiger partial charge in [0.05, 0.1) is 6.04 Å². The Morgan fingerprint density at radius 3 is 2.77 bits per heavy atom. The van der Waals surface area contributed by atoms with E-state index >= 15 is 0 Å². The van der Waals surface area contributed by atoms with Crippen LogP contribution in [0.4, 0.5) is 15.9 Å². The number of nitrogens with one attached hydrogen (secondary N) is 1. The molecular formula is C19H21FN4O2. The van der Waals surface area contributed by atoms with Crippen molar-refractivity contribution in [3.05, 3.63) is 41.8 Å². The minimum absolute atomic E-state index is 0.0280. The number of anilines is 2. The zero-order valence-electron chi connectivity index (χ0n) is 14.7. The van der Waals surface area contributed by atoms with E-state index in [2.05, 4.69) is 22.2 Å². The van der Waals surface area contributed by atoms with Crippen molar-refractivity contribution in [3.8, 4) is 6.01 Å². The second-order valence-electron chi connectivity index (χ2n) is 7.14. The fourth-order valence-corrected chi connectivity index (χ4v) is 4.12. The van der Waals surface area contributed by atoms with Crippen molar-refractivity contribution >= 4 is 17.4 Å². The molecule has 0 radical (unpaired) electrons. The van der Waals surface area contributed by atoms with Gasteiger partial charge in [-0.15, -0.1) is 0 Å². The summed E-state index contributed by atoms with van der Waals surface area (Å²) in [4.78, 5) is 21.9. The molecule has 1 saturated carbocycles. The lowest BCUT2D eigenvalue weighted by Crippen LogP contribution is -2.51. The average molecular weight is 356 g/mol. The monoisotopic (exact) mass is 356 g/mol. The van der Waals surface area contributed by atoms with Crippen LogP contribution in [0.2, 0.25) is 0 Å². The largest absolute Gasteiger partial charge is 0.479 e. The van der Waals surface area contributed by atoms with Crippen LogP contribution in [0.15, 0.2) is 30.5 Å². The molecule has 4 rings (SSSR count). The second kappa shape index (κ2) is 6.23. The first-order valence-corrected chi connectivity index (χ1v) is 8.83. The maximum Gasteiger partial charge on any atom is 0.315 e. The topological polar surface area (TPSA) is 78.4 Å². The summed E-state index contributed by atoms with van der Waals surface area (Å²) >= 11 is 0. The number of hydrogen-bond donors (Lipinski definition) is 2. The van der Waals surface area contributed by atoms with Crippen molar-refractivity contribution in [2.45, 2.75) is 38.8 Å². The normalized spacial score (nSPS) is 24.9. The van der Waals surface area contributed by atoms with E-state index < -0.39 is 0 Å². The molecule has 2 N–H and O–H groups in total. The Hall–Kier alpha value is -2.70. The van der Waals surface area contributed by atoms with Crippen molar-refractivity contribution in [1.82, 2.24) is 9.97 Å². The number of amides is 1. The lowest BCUT2D eigenvalue weighted by Gasteiger charge is -2.45. The number of benzene rings is 1. The molecule has 6 nitrogen and oxygen atoms in total. The number of fused-ring (bicyclic) bond motifs is 1. The third kappa shape index (κ3) is 2.87. The van der Waals surface area contributed by atoms with Gasteiger partial charge in [0.1, 0.15) is 11.6 Å². The molecule has 2 heterocycles. The summed E-state index contributed by atoms with van der Waals surface area (Å²) in [6.07, 6.45) is 3.65. The van der Waals surface area contributed by atoms with Gasteiger partial charge in [0.15, 0.2) is 0 Å². The molecule has 7 heteroatoms. The highest BCUT2D eigenvalue weighted by atomic mass is 19.1.